The van der Waals surface area contributed by atoms with Gasteiger partial charge in [0.1, 0.15) is 17.4 Å². The molecule has 0 radical (unpaired) electrons. The number of benzene rings is 3. The first kappa shape index (κ1) is 22.9. The largest absolute Gasteiger partial charge is 0.497 e. The van der Waals surface area contributed by atoms with E-state index < -0.39 is 23.4 Å². The van der Waals surface area contributed by atoms with Crippen molar-refractivity contribution >= 4 is 29.6 Å². The van der Waals surface area contributed by atoms with Crippen LogP contribution in [0.5, 0.6) is 5.75 Å². The molecule has 1 fully saturated rings. The Labute approximate surface area is 200 Å². The SMILES string of the molecule is COc1ccc([C@]2(C)NC(=O)N(NC(=O)c3ccccc3Sc3ccccc3C#N)C2=O)cc1. The molecule has 3 aromatic carbocycles. The van der Waals surface area contributed by atoms with Crippen LogP contribution in [0.25, 0.3) is 0 Å². The Morgan fingerprint density at radius 2 is 1.68 bits per heavy atom. The lowest BCUT2D eigenvalue weighted by Gasteiger charge is -2.22. The Hall–Kier alpha value is -4.29. The van der Waals surface area contributed by atoms with Crippen LogP contribution >= 0.6 is 11.8 Å². The number of nitriles is 1. The Morgan fingerprint density at radius 3 is 2.35 bits per heavy atom. The second kappa shape index (κ2) is 9.29. The van der Waals surface area contributed by atoms with E-state index in [0.29, 0.717) is 31.7 Å². The maximum atomic E-state index is 13.2. The minimum Gasteiger partial charge on any atom is -0.497 e. The lowest BCUT2D eigenvalue weighted by molar-refractivity contribution is -0.132. The van der Waals surface area contributed by atoms with Crippen molar-refractivity contribution in [1.29, 1.82) is 5.26 Å². The molecule has 170 valence electrons. The molecule has 3 aromatic rings. The van der Waals surface area contributed by atoms with Crippen LogP contribution < -0.4 is 15.5 Å². The van der Waals surface area contributed by atoms with Crippen molar-refractivity contribution in [3.8, 4) is 11.8 Å². The molecule has 2 N–H and O–H groups in total. The highest BCUT2D eigenvalue weighted by molar-refractivity contribution is 7.99. The second-order valence-electron chi connectivity index (χ2n) is 7.57. The minimum atomic E-state index is -1.35. The van der Waals surface area contributed by atoms with Crippen molar-refractivity contribution in [3.05, 3.63) is 89.5 Å². The Bertz CT molecular complexity index is 1320. The van der Waals surface area contributed by atoms with E-state index in [2.05, 4.69) is 16.8 Å². The quantitative estimate of drug-likeness (QED) is 0.528. The van der Waals surface area contributed by atoms with Crippen LogP contribution in [0.2, 0.25) is 0 Å². The highest BCUT2D eigenvalue weighted by atomic mass is 32.2. The van der Waals surface area contributed by atoms with Gasteiger partial charge in [0.2, 0.25) is 0 Å². The molecule has 0 aromatic heterocycles. The summed E-state index contributed by atoms with van der Waals surface area (Å²) in [4.78, 5) is 40.2. The molecule has 1 atom stereocenters. The number of hydrazine groups is 1. The third-order valence-corrected chi connectivity index (χ3v) is 6.58. The third kappa shape index (κ3) is 4.19. The summed E-state index contributed by atoms with van der Waals surface area (Å²) in [5.74, 6) is -0.627. The summed E-state index contributed by atoms with van der Waals surface area (Å²) >= 11 is 1.25. The number of amides is 4. The monoisotopic (exact) mass is 472 g/mol. The number of hydrogen-bond donors (Lipinski definition) is 2. The number of nitrogens with one attached hydrogen (secondary N) is 2. The van der Waals surface area contributed by atoms with E-state index in [-0.39, 0.29) is 5.56 Å². The zero-order valence-corrected chi connectivity index (χ0v) is 19.2. The average Bonchev–Trinajstić information content (AvgIpc) is 3.08. The van der Waals surface area contributed by atoms with Crippen LogP contribution in [0, 0.1) is 11.3 Å². The van der Waals surface area contributed by atoms with Crippen molar-refractivity contribution in [2.75, 3.05) is 7.11 Å². The summed E-state index contributed by atoms with van der Waals surface area (Å²) in [5, 5.41) is 12.7. The number of carbonyl (C=O) groups excluding carboxylic acids is 3. The highest BCUT2D eigenvalue weighted by Gasteiger charge is 2.50. The van der Waals surface area contributed by atoms with Crippen molar-refractivity contribution in [1.82, 2.24) is 15.8 Å². The molecule has 4 amide bonds. The van der Waals surface area contributed by atoms with Gasteiger partial charge in [0.15, 0.2) is 0 Å². The molecule has 0 bridgehead atoms. The van der Waals surface area contributed by atoms with Crippen LogP contribution in [0.1, 0.15) is 28.4 Å². The van der Waals surface area contributed by atoms with Crippen molar-refractivity contribution in [3.63, 3.8) is 0 Å². The first-order valence-electron chi connectivity index (χ1n) is 10.3. The number of imide groups is 1. The predicted octanol–water partition coefficient (Wildman–Crippen LogP) is 3.83. The molecule has 0 saturated carbocycles. The molecule has 1 aliphatic heterocycles. The lowest BCUT2D eigenvalue weighted by Crippen LogP contribution is -2.48. The van der Waals surface area contributed by atoms with Gasteiger partial charge in [-0.1, -0.05) is 48.2 Å². The van der Waals surface area contributed by atoms with Gasteiger partial charge in [0.05, 0.1) is 18.2 Å². The first-order chi connectivity index (χ1) is 16.4. The number of carbonyl (C=O) groups is 3. The summed E-state index contributed by atoms with van der Waals surface area (Å²) in [5.41, 5.74) is 2.37. The normalized spacial score (nSPS) is 17.1. The van der Waals surface area contributed by atoms with E-state index in [4.69, 9.17) is 4.74 Å². The van der Waals surface area contributed by atoms with Gasteiger partial charge in [-0.25, -0.2) is 4.79 Å². The fraction of sp³-hybridized carbons (Fsp3) is 0.120. The zero-order valence-electron chi connectivity index (χ0n) is 18.4. The number of methoxy groups -OCH3 is 1. The van der Waals surface area contributed by atoms with E-state index in [9.17, 15) is 19.6 Å². The maximum Gasteiger partial charge on any atom is 0.344 e. The van der Waals surface area contributed by atoms with E-state index in [1.807, 2.05) is 0 Å². The first-order valence-corrected chi connectivity index (χ1v) is 11.1. The highest BCUT2D eigenvalue weighted by Crippen LogP contribution is 2.33. The lowest BCUT2D eigenvalue weighted by atomic mass is 9.92. The molecule has 1 saturated heterocycles. The van der Waals surface area contributed by atoms with Crippen LogP contribution in [0.3, 0.4) is 0 Å². The van der Waals surface area contributed by atoms with E-state index >= 15 is 0 Å². The topological polar surface area (TPSA) is 112 Å². The number of ether oxygens (including phenoxy) is 1. The fourth-order valence-corrected chi connectivity index (χ4v) is 4.56. The average molecular weight is 473 g/mol. The Balaban J connectivity index is 1.57. The van der Waals surface area contributed by atoms with Crippen LogP contribution in [-0.2, 0) is 10.3 Å². The number of nitrogens with zero attached hydrogens (tertiary/aromatic N) is 2. The van der Waals surface area contributed by atoms with Gasteiger partial charge in [-0.15, -0.1) is 0 Å². The summed E-state index contributed by atoms with van der Waals surface area (Å²) in [6, 6.07) is 22.0. The molecular formula is C25H20N4O4S. The summed E-state index contributed by atoms with van der Waals surface area (Å²) < 4.78 is 5.14. The Morgan fingerprint density at radius 1 is 1.03 bits per heavy atom. The molecule has 34 heavy (non-hydrogen) atoms. The minimum absolute atomic E-state index is 0.263. The molecule has 0 spiro atoms. The van der Waals surface area contributed by atoms with Gasteiger partial charge < -0.3 is 10.1 Å². The van der Waals surface area contributed by atoms with Gasteiger partial charge in [-0.05, 0) is 48.9 Å². The van der Waals surface area contributed by atoms with Gasteiger partial charge in [-0.3, -0.25) is 15.0 Å². The van der Waals surface area contributed by atoms with Gasteiger partial charge in [0.25, 0.3) is 11.8 Å². The molecule has 1 heterocycles. The molecular weight excluding hydrogens is 452 g/mol. The molecule has 8 nitrogen and oxygen atoms in total. The zero-order chi connectivity index (χ0) is 24.3. The third-order valence-electron chi connectivity index (χ3n) is 5.43. The van der Waals surface area contributed by atoms with Crippen molar-refractivity contribution in [2.24, 2.45) is 0 Å². The molecule has 4 rings (SSSR count). The summed E-state index contributed by atoms with van der Waals surface area (Å²) in [6.07, 6.45) is 0. The maximum absolute atomic E-state index is 13.2. The van der Waals surface area contributed by atoms with Gasteiger partial charge >= 0.3 is 6.03 Å². The summed E-state index contributed by atoms with van der Waals surface area (Å²) in [7, 11) is 1.53. The van der Waals surface area contributed by atoms with E-state index in [1.54, 1.807) is 79.7 Å². The van der Waals surface area contributed by atoms with Crippen LogP contribution in [0.15, 0.2) is 82.6 Å². The van der Waals surface area contributed by atoms with E-state index in [0.717, 1.165) is 0 Å². The van der Waals surface area contributed by atoms with Crippen LogP contribution in [-0.4, -0.2) is 30.0 Å². The predicted molar refractivity (Wildman–Crippen MR) is 125 cm³/mol. The Kier molecular flexibility index (Phi) is 6.25. The van der Waals surface area contributed by atoms with Crippen molar-refractivity contribution in [2.45, 2.75) is 22.3 Å². The molecule has 1 aliphatic rings. The van der Waals surface area contributed by atoms with Crippen LogP contribution in [0.4, 0.5) is 4.79 Å². The summed E-state index contributed by atoms with van der Waals surface area (Å²) in [6.45, 7) is 1.57. The second-order valence-corrected chi connectivity index (χ2v) is 8.66. The number of rotatable bonds is 6. The van der Waals surface area contributed by atoms with Gasteiger partial charge in [0, 0.05) is 9.79 Å². The fourth-order valence-electron chi connectivity index (χ4n) is 3.53. The number of hydrogen-bond acceptors (Lipinski definition) is 6. The van der Waals surface area contributed by atoms with Crippen molar-refractivity contribution < 1.29 is 19.1 Å². The van der Waals surface area contributed by atoms with E-state index in [1.165, 1.54) is 18.9 Å². The number of urea groups is 1. The standard InChI is InChI=1S/C25H20N4O4S/c1-25(17-11-13-18(33-2)14-12-17)23(31)29(24(32)27-25)28-22(30)19-8-4-6-10-21(19)34-20-9-5-3-7-16(20)15-26/h3-14H,1-2H3,(H,27,32)(H,28,30)/t25-/m0/s1. The molecule has 0 unspecified atom stereocenters. The smallest absolute Gasteiger partial charge is 0.344 e. The molecule has 9 heteroatoms. The van der Waals surface area contributed by atoms with Gasteiger partial charge in [-0.2, -0.15) is 10.3 Å². The molecule has 0 aliphatic carbocycles.